The molecule has 0 radical (unpaired) electrons. The summed E-state index contributed by atoms with van der Waals surface area (Å²) < 4.78 is 0. The number of carbonyl (C=O) groups is 1. The molecule has 3 fully saturated rings. The van der Waals surface area contributed by atoms with Gasteiger partial charge in [-0.2, -0.15) is 0 Å². The standard InChI is InChI=1S/C9H16.C2H4O2/c1-8(2)7-4-5-9(8,3)6-7;1-2(3)4/h7H,4-6H2,1-3H3;1H3,(H,3,4). The van der Waals surface area contributed by atoms with E-state index < -0.39 is 5.97 Å². The van der Waals surface area contributed by atoms with Crippen molar-refractivity contribution >= 4 is 5.97 Å². The summed E-state index contributed by atoms with van der Waals surface area (Å²) in [6, 6.07) is 0. The molecule has 0 heterocycles. The Balaban J connectivity index is 0.000000184. The van der Waals surface area contributed by atoms with Crippen LogP contribution in [-0.2, 0) is 4.79 Å². The van der Waals surface area contributed by atoms with E-state index in [1.165, 1.54) is 19.3 Å². The Kier molecular flexibility index (Phi) is 2.44. The van der Waals surface area contributed by atoms with Gasteiger partial charge in [0.1, 0.15) is 0 Å². The molecule has 2 nitrogen and oxygen atoms in total. The topological polar surface area (TPSA) is 37.3 Å². The summed E-state index contributed by atoms with van der Waals surface area (Å²) in [6.45, 7) is 8.42. The maximum absolute atomic E-state index is 9.00. The molecule has 13 heavy (non-hydrogen) atoms. The lowest BCUT2D eigenvalue weighted by Crippen LogP contribution is -2.45. The van der Waals surface area contributed by atoms with E-state index >= 15 is 0 Å². The van der Waals surface area contributed by atoms with E-state index in [1.807, 2.05) is 0 Å². The molecule has 0 aromatic rings. The number of carboxylic acid groups (broad SMARTS) is 1. The van der Waals surface area contributed by atoms with Crippen molar-refractivity contribution in [2.45, 2.75) is 47.0 Å². The largest absolute Gasteiger partial charge is 0.481 e. The summed E-state index contributed by atoms with van der Waals surface area (Å²) in [7, 11) is 0. The van der Waals surface area contributed by atoms with Crippen LogP contribution in [0.1, 0.15) is 47.0 Å². The third kappa shape index (κ3) is 1.59. The summed E-state index contributed by atoms with van der Waals surface area (Å²) >= 11 is 0. The molecule has 0 saturated heterocycles. The number of aliphatic carboxylic acids is 1. The quantitative estimate of drug-likeness (QED) is 0.628. The Bertz CT molecular complexity index is 209. The first-order chi connectivity index (χ1) is 5.79. The highest BCUT2D eigenvalue weighted by molar-refractivity contribution is 5.62. The highest BCUT2D eigenvalue weighted by atomic mass is 16.4. The van der Waals surface area contributed by atoms with Crippen molar-refractivity contribution in [3.8, 4) is 0 Å². The lowest BCUT2D eigenvalue weighted by atomic mass is 9.52. The van der Waals surface area contributed by atoms with Crippen molar-refractivity contribution in [3.63, 3.8) is 0 Å². The third-order valence-corrected chi connectivity index (χ3v) is 4.32. The minimum atomic E-state index is -0.833. The zero-order valence-electron chi connectivity index (χ0n) is 9.05. The Morgan fingerprint density at radius 2 is 1.85 bits per heavy atom. The Morgan fingerprint density at radius 1 is 1.38 bits per heavy atom. The van der Waals surface area contributed by atoms with Gasteiger partial charge in [0.15, 0.2) is 0 Å². The first-order valence-corrected chi connectivity index (χ1v) is 4.99. The van der Waals surface area contributed by atoms with Crippen molar-refractivity contribution in [3.05, 3.63) is 0 Å². The van der Waals surface area contributed by atoms with Gasteiger partial charge in [-0.3, -0.25) is 4.79 Å². The van der Waals surface area contributed by atoms with Crippen molar-refractivity contribution < 1.29 is 9.90 Å². The maximum atomic E-state index is 9.00. The van der Waals surface area contributed by atoms with Crippen molar-refractivity contribution in [1.82, 2.24) is 0 Å². The molecule has 2 unspecified atom stereocenters. The van der Waals surface area contributed by atoms with Gasteiger partial charge in [0.25, 0.3) is 5.97 Å². The first kappa shape index (κ1) is 10.6. The van der Waals surface area contributed by atoms with Gasteiger partial charge >= 0.3 is 0 Å². The van der Waals surface area contributed by atoms with Crippen LogP contribution in [0.25, 0.3) is 0 Å². The molecule has 0 spiro atoms. The lowest BCUT2D eigenvalue weighted by Gasteiger charge is -2.53. The fourth-order valence-electron chi connectivity index (χ4n) is 2.80. The Labute approximate surface area is 80.3 Å². The molecular formula is C11H20O2. The van der Waals surface area contributed by atoms with Gasteiger partial charge in [0.2, 0.25) is 0 Å². The zero-order valence-corrected chi connectivity index (χ0v) is 9.05. The fraction of sp³-hybridized carbons (Fsp3) is 0.909. The Hall–Kier alpha value is -0.530. The van der Waals surface area contributed by atoms with E-state index in [9.17, 15) is 0 Å². The second-order valence-corrected chi connectivity index (χ2v) is 5.24. The van der Waals surface area contributed by atoms with Gasteiger partial charge in [0.05, 0.1) is 0 Å². The summed E-state index contributed by atoms with van der Waals surface area (Å²) in [5.41, 5.74) is 1.42. The highest BCUT2D eigenvalue weighted by Crippen LogP contribution is 2.70. The Morgan fingerprint density at radius 3 is 1.92 bits per heavy atom. The van der Waals surface area contributed by atoms with E-state index in [0.717, 1.165) is 18.3 Å². The predicted octanol–water partition coefficient (Wildman–Crippen LogP) is 2.92. The van der Waals surface area contributed by atoms with Crippen molar-refractivity contribution in [2.75, 3.05) is 0 Å². The number of hydrogen-bond acceptors (Lipinski definition) is 1. The van der Waals surface area contributed by atoms with Gasteiger partial charge < -0.3 is 5.11 Å². The predicted molar refractivity (Wildman–Crippen MR) is 52.5 cm³/mol. The van der Waals surface area contributed by atoms with Crippen LogP contribution in [-0.4, -0.2) is 11.1 Å². The maximum Gasteiger partial charge on any atom is 0.300 e. The SMILES string of the molecule is CC(=O)O.CC12CCC(C1)C2(C)C. The average molecular weight is 184 g/mol. The first-order valence-electron chi connectivity index (χ1n) is 4.99. The van der Waals surface area contributed by atoms with Gasteiger partial charge in [-0.15, -0.1) is 0 Å². The van der Waals surface area contributed by atoms with Crippen LogP contribution in [0.2, 0.25) is 0 Å². The zero-order chi connectivity index (χ0) is 10.3. The summed E-state index contributed by atoms with van der Waals surface area (Å²) in [4.78, 5) is 9.00. The molecule has 76 valence electrons. The van der Waals surface area contributed by atoms with Gasteiger partial charge in [-0.1, -0.05) is 20.8 Å². The summed E-state index contributed by atoms with van der Waals surface area (Å²) in [5, 5.41) is 7.42. The molecule has 0 aromatic carbocycles. The van der Waals surface area contributed by atoms with Crippen LogP contribution in [0.3, 0.4) is 0 Å². The second kappa shape index (κ2) is 3.00. The van der Waals surface area contributed by atoms with E-state index in [0.29, 0.717) is 5.41 Å². The summed E-state index contributed by atoms with van der Waals surface area (Å²) in [5.74, 6) is 0.238. The molecule has 3 rings (SSSR count). The van der Waals surface area contributed by atoms with E-state index in [4.69, 9.17) is 9.90 Å². The third-order valence-electron chi connectivity index (χ3n) is 4.32. The minimum absolute atomic E-state index is 0.688. The van der Waals surface area contributed by atoms with Crippen molar-refractivity contribution in [1.29, 1.82) is 0 Å². The fourth-order valence-corrected chi connectivity index (χ4v) is 2.80. The smallest absolute Gasteiger partial charge is 0.300 e. The highest BCUT2D eigenvalue weighted by Gasteiger charge is 2.61. The van der Waals surface area contributed by atoms with Crippen LogP contribution in [0.5, 0.6) is 0 Å². The minimum Gasteiger partial charge on any atom is -0.481 e. The molecule has 3 aliphatic rings. The van der Waals surface area contributed by atoms with Gasteiger partial charge in [0, 0.05) is 6.92 Å². The van der Waals surface area contributed by atoms with Crippen LogP contribution in [0.4, 0.5) is 0 Å². The average Bonchev–Trinajstić information content (AvgIpc) is 2.41. The second-order valence-electron chi connectivity index (χ2n) is 5.24. The van der Waals surface area contributed by atoms with Gasteiger partial charge in [-0.25, -0.2) is 0 Å². The molecule has 0 amide bonds. The van der Waals surface area contributed by atoms with Crippen LogP contribution >= 0.6 is 0 Å². The number of carboxylic acids is 1. The number of fused-ring (bicyclic) bond motifs is 1. The van der Waals surface area contributed by atoms with Crippen LogP contribution < -0.4 is 0 Å². The number of hydrogen-bond donors (Lipinski definition) is 1. The molecule has 2 atom stereocenters. The molecule has 3 aliphatic carbocycles. The number of rotatable bonds is 0. The molecule has 0 aromatic heterocycles. The molecular weight excluding hydrogens is 164 g/mol. The van der Waals surface area contributed by atoms with E-state index in [-0.39, 0.29) is 0 Å². The molecule has 2 heteroatoms. The van der Waals surface area contributed by atoms with Gasteiger partial charge in [-0.05, 0) is 36.0 Å². The van der Waals surface area contributed by atoms with Crippen LogP contribution in [0.15, 0.2) is 0 Å². The van der Waals surface area contributed by atoms with E-state index in [1.54, 1.807) is 0 Å². The monoisotopic (exact) mass is 184 g/mol. The lowest BCUT2D eigenvalue weighted by molar-refractivity contribution is -0.134. The summed E-state index contributed by atoms with van der Waals surface area (Å²) in [6.07, 6.45) is 4.51. The molecule has 3 saturated carbocycles. The van der Waals surface area contributed by atoms with Crippen molar-refractivity contribution in [2.24, 2.45) is 16.7 Å². The van der Waals surface area contributed by atoms with E-state index in [2.05, 4.69) is 20.8 Å². The molecule has 1 N–H and O–H groups in total. The normalized spacial score (nSPS) is 38.6. The van der Waals surface area contributed by atoms with Crippen LogP contribution in [0, 0.1) is 16.7 Å². The molecule has 2 bridgehead atoms. The molecule has 0 aliphatic heterocycles.